The number of fused-ring (bicyclic) bond motifs is 1. The van der Waals surface area contributed by atoms with E-state index < -0.39 is 11.8 Å². The van der Waals surface area contributed by atoms with Crippen molar-refractivity contribution in [1.82, 2.24) is 0 Å². The average molecular weight is 514 g/mol. The highest BCUT2D eigenvalue weighted by molar-refractivity contribution is 5.87. The van der Waals surface area contributed by atoms with Gasteiger partial charge in [-0.3, -0.25) is 0 Å². The Labute approximate surface area is 225 Å². The zero-order chi connectivity index (χ0) is 27.3. The molecule has 38 heavy (non-hydrogen) atoms. The zero-order valence-corrected chi connectivity index (χ0v) is 23.2. The van der Waals surface area contributed by atoms with Crippen molar-refractivity contribution in [2.45, 2.75) is 77.1 Å². The van der Waals surface area contributed by atoms with E-state index in [1.54, 1.807) is 12.1 Å². The van der Waals surface area contributed by atoms with Crippen molar-refractivity contribution >= 4 is 5.97 Å². The van der Waals surface area contributed by atoms with Crippen LogP contribution in [-0.2, 0) is 20.3 Å². The fourth-order valence-electron chi connectivity index (χ4n) is 5.64. The molecule has 3 aromatic carbocycles. The Bertz CT molecular complexity index is 1350. The molecule has 1 saturated heterocycles. The maximum absolute atomic E-state index is 11.2. The number of hydrogen-bond donors (Lipinski definition) is 0. The fraction of sp³-hybridized carbons (Fsp3) is 0.424. The highest BCUT2D eigenvalue weighted by Crippen LogP contribution is 2.47. The predicted molar refractivity (Wildman–Crippen MR) is 147 cm³/mol. The van der Waals surface area contributed by atoms with Gasteiger partial charge in [-0.1, -0.05) is 76.2 Å². The lowest BCUT2D eigenvalue weighted by Gasteiger charge is -2.42. The summed E-state index contributed by atoms with van der Waals surface area (Å²) in [5, 5.41) is 11.2. The Morgan fingerprint density at radius 1 is 0.842 bits per heavy atom. The van der Waals surface area contributed by atoms with Gasteiger partial charge in [-0.15, -0.1) is 0 Å². The summed E-state index contributed by atoms with van der Waals surface area (Å²) >= 11 is 0. The molecule has 5 heteroatoms. The molecule has 0 saturated carbocycles. The molecule has 1 unspecified atom stereocenters. The summed E-state index contributed by atoms with van der Waals surface area (Å²) in [4.78, 5) is 11.2. The Kier molecular flexibility index (Phi) is 6.65. The summed E-state index contributed by atoms with van der Waals surface area (Å²) in [6.45, 7) is 14.0. The van der Waals surface area contributed by atoms with Crippen LogP contribution in [0.25, 0.3) is 22.3 Å². The topological polar surface area (TPSA) is 67.8 Å². The van der Waals surface area contributed by atoms with E-state index in [-0.39, 0.29) is 22.5 Å². The number of carboxylic acid groups (broad SMARTS) is 1. The molecule has 0 aromatic heterocycles. The molecule has 0 bridgehead atoms. The third-order valence-electron chi connectivity index (χ3n) is 8.09. The van der Waals surface area contributed by atoms with E-state index >= 15 is 0 Å². The molecular weight excluding hydrogens is 476 g/mol. The third-order valence-corrected chi connectivity index (χ3v) is 8.09. The molecule has 0 radical (unpaired) electrons. The van der Waals surface area contributed by atoms with Gasteiger partial charge in [0.1, 0.15) is 18.5 Å². The minimum atomic E-state index is -1.18. The van der Waals surface area contributed by atoms with Crippen molar-refractivity contribution in [3.63, 3.8) is 0 Å². The largest absolute Gasteiger partial charge is 0.545 e. The lowest BCUT2D eigenvalue weighted by molar-refractivity contribution is -0.255. The van der Waals surface area contributed by atoms with Gasteiger partial charge in [0.05, 0.1) is 12.6 Å². The molecule has 0 spiro atoms. The lowest BCUT2D eigenvalue weighted by atomic mass is 9.63. The Morgan fingerprint density at radius 2 is 1.47 bits per heavy atom. The van der Waals surface area contributed by atoms with Crippen LogP contribution in [0.4, 0.5) is 0 Å². The van der Waals surface area contributed by atoms with Gasteiger partial charge in [-0.25, -0.2) is 0 Å². The van der Waals surface area contributed by atoms with Gasteiger partial charge >= 0.3 is 0 Å². The highest BCUT2D eigenvalue weighted by Gasteiger charge is 2.37. The first-order valence-electron chi connectivity index (χ1n) is 13.4. The van der Waals surface area contributed by atoms with Crippen LogP contribution in [0.15, 0.2) is 60.7 Å². The van der Waals surface area contributed by atoms with Gasteiger partial charge in [0.25, 0.3) is 0 Å². The molecule has 200 valence electrons. The first kappa shape index (κ1) is 26.5. The first-order valence-corrected chi connectivity index (χ1v) is 13.4. The smallest absolute Gasteiger partial charge is 0.163 e. The minimum Gasteiger partial charge on any atom is -0.545 e. The predicted octanol–water partition coefficient (Wildman–Crippen LogP) is 6.26. The number of rotatable bonds is 6. The van der Waals surface area contributed by atoms with Gasteiger partial charge in [-0.2, -0.15) is 0 Å². The van der Waals surface area contributed by atoms with Crippen LogP contribution < -0.4 is 9.84 Å². The van der Waals surface area contributed by atoms with Crippen LogP contribution in [0.1, 0.15) is 75.9 Å². The Hall–Kier alpha value is -3.15. The first-order chi connectivity index (χ1) is 17.8. The van der Waals surface area contributed by atoms with Crippen molar-refractivity contribution in [3.8, 4) is 28.0 Å². The second-order valence-corrected chi connectivity index (χ2v) is 12.4. The molecule has 1 heterocycles. The maximum Gasteiger partial charge on any atom is 0.163 e. The lowest BCUT2D eigenvalue weighted by Crippen LogP contribution is -2.33. The summed E-state index contributed by atoms with van der Waals surface area (Å²) in [5.74, 6) is -1.00. The van der Waals surface area contributed by atoms with Crippen LogP contribution >= 0.6 is 0 Å². The van der Waals surface area contributed by atoms with E-state index in [4.69, 9.17) is 14.2 Å². The normalized spacial score (nSPS) is 21.1. The number of ether oxygens (including phenoxy) is 3. The van der Waals surface area contributed by atoms with Crippen LogP contribution in [0.3, 0.4) is 0 Å². The second kappa shape index (κ2) is 9.55. The quantitative estimate of drug-likeness (QED) is 0.389. The van der Waals surface area contributed by atoms with E-state index in [1.165, 1.54) is 11.1 Å². The monoisotopic (exact) mass is 513 g/mol. The molecule has 1 atom stereocenters. The molecule has 2 aliphatic rings. The summed E-state index contributed by atoms with van der Waals surface area (Å²) in [5.41, 5.74) is 7.18. The summed E-state index contributed by atoms with van der Waals surface area (Å²) in [7, 11) is 0. The van der Waals surface area contributed by atoms with Crippen LogP contribution in [0.5, 0.6) is 5.75 Å². The molecular formula is C33H37O5-. The summed E-state index contributed by atoms with van der Waals surface area (Å²) in [6, 6.07) is 19.7. The molecule has 1 fully saturated rings. The van der Waals surface area contributed by atoms with Gasteiger partial charge in [-0.05, 0) is 83.0 Å². The molecule has 1 aliphatic carbocycles. The summed E-state index contributed by atoms with van der Waals surface area (Å²) in [6.07, 6.45) is 2.16. The van der Waals surface area contributed by atoms with E-state index in [0.717, 1.165) is 40.8 Å². The van der Waals surface area contributed by atoms with Gasteiger partial charge in [0, 0.05) is 5.56 Å². The van der Waals surface area contributed by atoms with Gasteiger partial charge < -0.3 is 24.1 Å². The number of hydrogen-bond acceptors (Lipinski definition) is 5. The Morgan fingerprint density at radius 3 is 2.11 bits per heavy atom. The Balaban J connectivity index is 1.55. The van der Waals surface area contributed by atoms with Crippen LogP contribution in [0, 0.1) is 0 Å². The van der Waals surface area contributed by atoms with E-state index in [9.17, 15) is 9.90 Å². The zero-order valence-electron chi connectivity index (χ0n) is 23.2. The number of benzene rings is 3. The fourth-order valence-corrected chi connectivity index (χ4v) is 5.64. The van der Waals surface area contributed by atoms with E-state index in [1.807, 2.05) is 38.1 Å². The van der Waals surface area contributed by atoms with E-state index in [0.29, 0.717) is 13.2 Å². The van der Waals surface area contributed by atoms with Crippen LogP contribution in [0.2, 0.25) is 0 Å². The third kappa shape index (κ3) is 5.23. The molecule has 3 aromatic rings. The van der Waals surface area contributed by atoms with E-state index in [2.05, 4.69) is 52.0 Å². The van der Waals surface area contributed by atoms with Crippen molar-refractivity contribution in [2.24, 2.45) is 0 Å². The number of carboxylic acids is 1. The average Bonchev–Trinajstić information content (AvgIpc) is 3.24. The van der Waals surface area contributed by atoms with Crippen molar-refractivity contribution in [3.05, 3.63) is 77.4 Å². The highest BCUT2D eigenvalue weighted by atomic mass is 16.7. The molecule has 0 amide bonds. The van der Waals surface area contributed by atoms with Crippen molar-refractivity contribution in [2.75, 3.05) is 13.2 Å². The number of carbonyl (C=O) groups is 1. The van der Waals surface area contributed by atoms with Crippen molar-refractivity contribution in [1.29, 1.82) is 0 Å². The van der Waals surface area contributed by atoms with Crippen molar-refractivity contribution < 1.29 is 24.1 Å². The van der Waals surface area contributed by atoms with Crippen LogP contribution in [-0.4, -0.2) is 31.1 Å². The standard InChI is InChI=1S/C33H38O5/c1-31(2)15-16-32(3,4)28-18-24(11-13-27(28)31)26-17-23(21-7-9-22(10-8-21)30(34)35)12-14-29(26)36-19-25-20-37-33(5,6)38-25/h7-14,17-18,25H,15-16,19-20H2,1-6H3,(H,34,35)/p-1. The molecule has 1 aliphatic heterocycles. The molecule has 5 nitrogen and oxygen atoms in total. The SMILES string of the molecule is CC1(C)OCC(COc2ccc(-c3ccc(C(=O)[O-])cc3)cc2-c2ccc3c(c2)C(C)(C)CCC3(C)C)O1. The van der Waals surface area contributed by atoms with Gasteiger partial charge in [0.2, 0.25) is 0 Å². The number of carbonyl (C=O) groups excluding carboxylic acids is 1. The second-order valence-electron chi connectivity index (χ2n) is 12.4. The molecule has 0 N–H and O–H groups in total. The molecule has 5 rings (SSSR count). The number of aromatic carboxylic acids is 1. The summed E-state index contributed by atoms with van der Waals surface area (Å²) < 4.78 is 18.0. The van der Waals surface area contributed by atoms with Gasteiger partial charge in [0.15, 0.2) is 5.79 Å². The minimum absolute atomic E-state index is 0.0841. The maximum atomic E-state index is 11.2.